The molecular formula is C20H24N6O2. The monoisotopic (exact) mass is 380 g/mol. The van der Waals surface area contributed by atoms with Gasteiger partial charge in [0.05, 0.1) is 7.11 Å². The smallest absolute Gasteiger partial charge is 0.317 e. The number of amides is 2. The molecule has 0 aliphatic carbocycles. The van der Waals surface area contributed by atoms with Gasteiger partial charge in [0.15, 0.2) is 5.65 Å². The van der Waals surface area contributed by atoms with Crippen LogP contribution in [0.15, 0.2) is 48.8 Å². The molecule has 0 saturated carbocycles. The van der Waals surface area contributed by atoms with E-state index in [-0.39, 0.29) is 6.03 Å². The number of rotatable bonds is 5. The number of fused-ring (bicyclic) bond motifs is 1. The first-order chi connectivity index (χ1) is 13.7. The molecule has 0 radical (unpaired) electrons. The Hall–Kier alpha value is -3.29. The highest BCUT2D eigenvalue weighted by atomic mass is 16.5. The Bertz CT molecular complexity index is 949. The van der Waals surface area contributed by atoms with Gasteiger partial charge in [-0.25, -0.2) is 14.3 Å². The summed E-state index contributed by atoms with van der Waals surface area (Å²) < 4.78 is 7.00. The highest BCUT2D eigenvalue weighted by Crippen LogP contribution is 2.15. The number of nitrogens with zero attached hydrogens (tertiary/aromatic N) is 5. The lowest BCUT2D eigenvalue weighted by Gasteiger charge is -2.35. The van der Waals surface area contributed by atoms with Crippen LogP contribution in [-0.2, 0) is 6.42 Å². The SMILES string of the molecule is COc1cccc(CCNC(=O)N2CCN(c3ccc4nccn4n3)CC2)c1. The maximum absolute atomic E-state index is 12.4. The van der Waals surface area contributed by atoms with Gasteiger partial charge < -0.3 is 19.9 Å². The highest BCUT2D eigenvalue weighted by molar-refractivity contribution is 5.74. The number of imidazole rings is 1. The number of carbonyl (C=O) groups is 1. The minimum atomic E-state index is -0.0134. The van der Waals surface area contributed by atoms with E-state index in [1.54, 1.807) is 17.8 Å². The number of urea groups is 1. The van der Waals surface area contributed by atoms with Gasteiger partial charge in [-0.15, -0.1) is 5.10 Å². The number of carbonyl (C=O) groups excluding carboxylic acids is 1. The molecule has 2 aromatic heterocycles. The fourth-order valence-electron chi connectivity index (χ4n) is 3.37. The van der Waals surface area contributed by atoms with Crippen LogP contribution < -0.4 is 15.0 Å². The third kappa shape index (κ3) is 4.00. The van der Waals surface area contributed by atoms with Crippen LogP contribution in [-0.4, -0.2) is 65.4 Å². The fourth-order valence-corrected chi connectivity index (χ4v) is 3.37. The molecule has 3 heterocycles. The summed E-state index contributed by atoms with van der Waals surface area (Å²) in [6, 6.07) is 11.8. The number of anilines is 1. The molecule has 0 spiro atoms. The Morgan fingerprint density at radius 2 is 2.04 bits per heavy atom. The van der Waals surface area contributed by atoms with Gasteiger partial charge >= 0.3 is 6.03 Å². The summed E-state index contributed by atoms with van der Waals surface area (Å²) in [5, 5.41) is 7.59. The Kier molecular flexibility index (Phi) is 5.27. The molecule has 146 valence electrons. The van der Waals surface area contributed by atoms with Gasteiger partial charge in [-0.05, 0) is 36.2 Å². The van der Waals surface area contributed by atoms with Gasteiger partial charge in [0.2, 0.25) is 0 Å². The zero-order valence-electron chi connectivity index (χ0n) is 15.9. The van der Waals surface area contributed by atoms with E-state index in [0.717, 1.165) is 42.3 Å². The van der Waals surface area contributed by atoms with Crippen LogP contribution in [0.4, 0.5) is 10.6 Å². The average molecular weight is 380 g/mol. The van der Waals surface area contributed by atoms with E-state index in [9.17, 15) is 4.79 Å². The van der Waals surface area contributed by atoms with E-state index in [0.29, 0.717) is 19.6 Å². The largest absolute Gasteiger partial charge is 0.497 e. The fraction of sp³-hybridized carbons (Fsp3) is 0.350. The van der Waals surface area contributed by atoms with Gasteiger partial charge in [0.25, 0.3) is 0 Å². The molecule has 8 nitrogen and oxygen atoms in total. The summed E-state index contributed by atoms with van der Waals surface area (Å²) in [4.78, 5) is 20.7. The summed E-state index contributed by atoms with van der Waals surface area (Å²) in [5.41, 5.74) is 1.98. The molecule has 0 atom stereocenters. The molecule has 2 amide bonds. The Morgan fingerprint density at radius 3 is 2.86 bits per heavy atom. The van der Waals surface area contributed by atoms with Crippen molar-refractivity contribution < 1.29 is 9.53 Å². The number of methoxy groups -OCH3 is 1. The molecule has 1 aliphatic rings. The highest BCUT2D eigenvalue weighted by Gasteiger charge is 2.22. The summed E-state index contributed by atoms with van der Waals surface area (Å²) in [6.45, 7) is 3.47. The molecule has 8 heteroatoms. The van der Waals surface area contributed by atoms with Gasteiger partial charge in [0, 0.05) is 45.1 Å². The second-order valence-corrected chi connectivity index (χ2v) is 6.73. The van der Waals surface area contributed by atoms with Gasteiger partial charge in [-0.1, -0.05) is 12.1 Å². The molecule has 1 saturated heterocycles. The van der Waals surface area contributed by atoms with Crippen molar-refractivity contribution in [1.29, 1.82) is 0 Å². The summed E-state index contributed by atoms with van der Waals surface area (Å²) in [7, 11) is 1.66. The molecule has 0 unspecified atom stereocenters. The van der Waals surface area contributed by atoms with Gasteiger partial charge in [-0.2, -0.15) is 0 Å². The lowest BCUT2D eigenvalue weighted by molar-refractivity contribution is 0.194. The van der Waals surface area contributed by atoms with Crippen molar-refractivity contribution in [2.75, 3.05) is 44.7 Å². The molecule has 3 aromatic rings. The predicted octanol–water partition coefficient (Wildman–Crippen LogP) is 1.81. The van der Waals surface area contributed by atoms with Gasteiger partial charge in [0.1, 0.15) is 11.6 Å². The number of ether oxygens (including phenoxy) is 1. The normalized spacial score (nSPS) is 14.3. The van der Waals surface area contributed by atoms with Crippen LogP contribution >= 0.6 is 0 Å². The van der Waals surface area contributed by atoms with Crippen LogP contribution in [0, 0.1) is 0 Å². The lowest BCUT2D eigenvalue weighted by atomic mass is 10.1. The Morgan fingerprint density at radius 1 is 1.18 bits per heavy atom. The van der Waals surface area contributed by atoms with E-state index in [1.807, 2.05) is 47.5 Å². The van der Waals surface area contributed by atoms with Crippen molar-refractivity contribution in [3.63, 3.8) is 0 Å². The lowest BCUT2D eigenvalue weighted by Crippen LogP contribution is -2.52. The first-order valence-corrected chi connectivity index (χ1v) is 9.44. The van der Waals surface area contributed by atoms with Crippen molar-refractivity contribution in [2.24, 2.45) is 0 Å². The van der Waals surface area contributed by atoms with E-state index < -0.39 is 0 Å². The number of hydrogen-bond donors (Lipinski definition) is 1. The van der Waals surface area contributed by atoms with Crippen molar-refractivity contribution >= 4 is 17.5 Å². The molecule has 1 aromatic carbocycles. The van der Waals surface area contributed by atoms with Crippen LogP contribution in [0.3, 0.4) is 0 Å². The summed E-state index contributed by atoms with van der Waals surface area (Å²) in [5.74, 6) is 1.74. The zero-order valence-corrected chi connectivity index (χ0v) is 15.9. The number of aromatic nitrogens is 3. The van der Waals surface area contributed by atoms with Crippen LogP contribution in [0.2, 0.25) is 0 Å². The predicted molar refractivity (Wildman–Crippen MR) is 107 cm³/mol. The van der Waals surface area contributed by atoms with Crippen molar-refractivity contribution in [2.45, 2.75) is 6.42 Å². The van der Waals surface area contributed by atoms with Crippen LogP contribution in [0.1, 0.15) is 5.56 Å². The van der Waals surface area contributed by atoms with E-state index in [2.05, 4.69) is 20.3 Å². The Labute approximate surface area is 163 Å². The minimum absolute atomic E-state index is 0.0134. The number of benzene rings is 1. The van der Waals surface area contributed by atoms with E-state index in [4.69, 9.17) is 4.74 Å². The maximum Gasteiger partial charge on any atom is 0.317 e. The molecular weight excluding hydrogens is 356 g/mol. The second kappa shape index (κ2) is 8.16. The minimum Gasteiger partial charge on any atom is -0.497 e. The van der Waals surface area contributed by atoms with Crippen molar-refractivity contribution in [3.8, 4) is 5.75 Å². The van der Waals surface area contributed by atoms with Gasteiger partial charge in [-0.3, -0.25) is 0 Å². The zero-order chi connectivity index (χ0) is 19.3. The topological polar surface area (TPSA) is 75.0 Å². The summed E-state index contributed by atoms with van der Waals surface area (Å²) in [6.07, 6.45) is 4.35. The molecule has 0 bridgehead atoms. The molecule has 1 aliphatic heterocycles. The molecule has 28 heavy (non-hydrogen) atoms. The first-order valence-electron chi connectivity index (χ1n) is 9.44. The standard InChI is InChI=1S/C20H24N6O2/c1-28-17-4-2-3-16(15-17)7-8-22-20(27)25-13-11-24(12-14-25)19-6-5-18-21-9-10-26(18)23-19/h2-6,9-10,15H,7-8,11-14H2,1H3,(H,22,27). The maximum atomic E-state index is 12.4. The second-order valence-electron chi connectivity index (χ2n) is 6.73. The van der Waals surface area contributed by atoms with Crippen molar-refractivity contribution in [3.05, 3.63) is 54.4 Å². The summed E-state index contributed by atoms with van der Waals surface area (Å²) >= 11 is 0. The number of piperazine rings is 1. The molecule has 1 N–H and O–H groups in total. The number of hydrogen-bond acceptors (Lipinski definition) is 5. The van der Waals surface area contributed by atoms with E-state index >= 15 is 0 Å². The third-order valence-corrected chi connectivity index (χ3v) is 4.96. The van der Waals surface area contributed by atoms with Crippen molar-refractivity contribution in [1.82, 2.24) is 24.8 Å². The Balaban J connectivity index is 1.25. The van der Waals surface area contributed by atoms with Crippen LogP contribution in [0.5, 0.6) is 5.75 Å². The van der Waals surface area contributed by atoms with Crippen LogP contribution in [0.25, 0.3) is 5.65 Å². The average Bonchev–Trinajstić information content (AvgIpc) is 3.22. The molecule has 1 fully saturated rings. The van der Waals surface area contributed by atoms with E-state index in [1.165, 1.54) is 0 Å². The molecule has 4 rings (SSSR count). The quantitative estimate of drug-likeness (QED) is 0.731. The number of nitrogens with one attached hydrogen (secondary N) is 1. The third-order valence-electron chi connectivity index (χ3n) is 4.96. The first kappa shape index (κ1) is 18.1.